The molecule has 0 atom stereocenters. The highest BCUT2D eigenvalue weighted by Gasteiger charge is 2.31. The monoisotopic (exact) mass is 480 g/mol. The van der Waals surface area contributed by atoms with E-state index in [0.29, 0.717) is 38.4 Å². The van der Waals surface area contributed by atoms with E-state index in [2.05, 4.69) is 61.9 Å². The second kappa shape index (κ2) is 12.9. The lowest BCUT2D eigenvalue weighted by molar-refractivity contribution is -0.143. The average molecular weight is 481 g/mol. The van der Waals surface area contributed by atoms with Gasteiger partial charge in [-0.3, -0.25) is 4.79 Å². The number of carbonyl (C=O) groups is 1. The Hall–Kier alpha value is -1.37. The van der Waals surface area contributed by atoms with E-state index in [1.165, 1.54) is 0 Å². The molecule has 0 bridgehead atoms. The third-order valence-electron chi connectivity index (χ3n) is 5.66. The minimum atomic E-state index is -2.20. The minimum absolute atomic E-state index is 0.184. The predicted octanol–water partition coefficient (Wildman–Crippen LogP) is 6.78. The maximum atomic E-state index is 12.4. The lowest BCUT2D eigenvalue weighted by atomic mass is 9.78. The number of phenols is 1. The van der Waals surface area contributed by atoms with Crippen molar-refractivity contribution in [2.75, 3.05) is 19.8 Å². The smallest absolute Gasteiger partial charge is 0.335 e. The molecule has 0 aromatic heterocycles. The van der Waals surface area contributed by atoms with Crippen molar-refractivity contribution in [1.82, 2.24) is 0 Å². The molecule has 0 radical (unpaired) electrons. The average Bonchev–Trinajstić information content (AvgIpc) is 2.71. The van der Waals surface area contributed by atoms with Crippen LogP contribution < -0.4 is 0 Å². The summed E-state index contributed by atoms with van der Waals surface area (Å²) in [7, 11) is -2.20. The van der Waals surface area contributed by atoms with Gasteiger partial charge in [0.1, 0.15) is 5.75 Å². The van der Waals surface area contributed by atoms with Crippen LogP contribution in [0, 0.1) is 0 Å². The van der Waals surface area contributed by atoms with Crippen molar-refractivity contribution in [1.29, 1.82) is 0 Å². The normalized spacial score (nSPS) is 12.8. The van der Waals surface area contributed by atoms with Gasteiger partial charge in [0, 0.05) is 19.6 Å². The van der Waals surface area contributed by atoms with Crippen LogP contribution in [0.25, 0.3) is 0 Å². The molecular weight excluding hydrogens is 432 g/mol. The molecule has 0 aliphatic carbocycles. The molecule has 1 aromatic rings. The van der Waals surface area contributed by atoms with Crippen LogP contribution in [0.2, 0.25) is 12.6 Å². The third kappa shape index (κ3) is 10.2. The predicted molar refractivity (Wildman–Crippen MR) is 138 cm³/mol. The van der Waals surface area contributed by atoms with E-state index in [-0.39, 0.29) is 16.8 Å². The SMILES string of the molecule is CCCO[Si](C)(CCCOC(=O)CCc1cc(C(C)(C)C)c(O)c(C(C)(C)C)c1)OCCC. The molecule has 0 aliphatic rings. The number of rotatable bonds is 13. The van der Waals surface area contributed by atoms with Crippen molar-refractivity contribution >= 4 is 14.5 Å². The number of hydrogen-bond acceptors (Lipinski definition) is 5. The molecule has 5 nitrogen and oxygen atoms in total. The maximum Gasteiger partial charge on any atom is 0.335 e. The van der Waals surface area contributed by atoms with Crippen molar-refractivity contribution < 1.29 is 23.5 Å². The number of carbonyl (C=O) groups excluding carboxylic acids is 1. The highest BCUT2D eigenvalue weighted by Crippen LogP contribution is 2.40. The lowest BCUT2D eigenvalue weighted by Gasteiger charge is -2.28. The van der Waals surface area contributed by atoms with Gasteiger partial charge < -0.3 is 18.7 Å². The van der Waals surface area contributed by atoms with Gasteiger partial charge in [-0.25, -0.2) is 0 Å². The van der Waals surface area contributed by atoms with E-state index >= 15 is 0 Å². The van der Waals surface area contributed by atoms with Gasteiger partial charge in [0.2, 0.25) is 0 Å². The molecule has 190 valence electrons. The first-order chi connectivity index (χ1) is 15.2. The fourth-order valence-corrected chi connectivity index (χ4v) is 6.13. The summed E-state index contributed by atoms with van der Waals surface area (Å²) in [6.07, 6.45) is 3.61. The first kappa shape index (κ1) is 29.7. The Morgan fingerprint density at radius 3 is 1.82 bits per heavy atom. The van der Waals surface area contributed by atoms with Gasteiger partial charge in [0.25, 0.3) is 0 Å². The number of hydrogen-bond donors (Lipinski definition) is 1. The molecule has 1 rings (SSSR count). The topological polar surface area (TPSA) is 65.0 Å². The van der Waals surface area contributed by atoms with Crippen molar-refractivity contribution in [3.63, 3.8) is 0 Å². The third-order valence-corrected chi connectivity index (χ3v) is 8.56. The van der Waals surface area contributed by atoms with E-state index < -0.39 is 8.56 Å². The van der Waals surface area contributed by atoms with Crippen LogP contribution in [0.3, 0.4) is 0 Å². The summed E-state index contributed by atoms with van der Waals surface area (Å²) in [6.45, 7) is 20.7. The Kier molecular flexibility index (Phi) is 11.6. The molecule has 0 unspecified atom stereocenters. The minimum Gasteiger partial charge on any atom is -0.507 e. The summed E-state index contributed by atoms with van der Waals surface area (Å²) in [5.41, 5.74) is 2.53. The van der Waals surface area contributed by atoms with Crippen LogP contribution in [0.1, 0.15) is 97.8 Å². The summed E-state index contributed by atoms with van der Waals surface area (Å²) in [5.74, 6) is 0.175. The van der Waals surface area contributed by atoms with E-state index in [0.717, 1.165) is 42.0 Å². The summed E-state index contributed by atoms with van der Waals surface area (Å²) < 4.78 is 17.6. The summed E-state index contributed by atoms with van der Waals surface area (Å²) >= 11 is 0. The highest BCUT2D eigenvalue weighted by molar-refractivity contribution is 6.66. The van der Waals surface area contributed by atoms with Crippen LogP contribution in [0.4, 0.5) is 0 Å². The number of aryl methyl sites for hydroxylation is 1. The largest absolute Gasteiger partial charge is 0.507 e. The second-order valence-corrected chi connectivity index (χ2v) is 14.5. The molecule has 1 N–H and O–H groups in total. The lowest BCUT2D eigenvalue weighted by Crippen LogP contribution is -2.39. The van der Waals surface area contributed by atoms with Gasteiger partial charge >= 0.3 is 14.5 Å². The molecule has 0 spiro atoms. The molecule has 0 amide bonds. The Balaban J connectivity index is 2.68. The number of aromatic hydroxyl groups is 1. The molecule has 6 heteroatoms. The molecule has 0 aliphatic heterocycles. The summed E-state index contributed by atoms with van der Waals surface area (Å²) in [4.78, 5) is 12.4. The maximum absolute atomic E-state index is 12.4. The number of phenolic OH excluding ortho intramolecular Hbond substituents is 1. The van der Waals surface area contributed by atoms with Crippen molar-refractivity contribution in [3.8, 4) is 5.75 Å². The van der Waals surface area contributed by atoms with Crippen LogP contribution in [-0.2, 0) is 35.6 Å². The first-order valence-corrected chi connectivity index (χ1v) is 15.1. The van der Waals surface area contributed by atoms with E-state index in [9.17, 15) is 9.90 Å². The highest BCUT2D eigenvalue weighted by atomic mass is 28.4. The Morgan fingerprint density at radius 1 is 0.909 bits per heavy atom. The fraction of sp³-hybridized carbons (Fsp3) is 0.741. The molecular formula is C27H48O5Si. The zero-order chi connectivity index (χ0) is 25.3. The van der Waals surface area contributed by atoms with E-state index in [1.54, 1.807) is 0 Å². The van der Waals surface area contributed by atoms with Gasteiger partial charge in [-0.05, 0) is 65.8 Å². The molecule has 0 fully saturated rings. The van der Waals surface area contributed by atoms with Crippen molar-refractivity contribution in [3.05, 3.63) is 28.8 Å². The molecule has 1 aromatic carbocycles. The van der Waals surface area contributed by atoms with Gasteiger partial charge in [-0.15, -0.1) is 0 Å². The number of benzene rings is 1. The molecule has 0 heterocycles. The molecule has 0 saturated carbocycles. The van der Waals surface area contributed by atoms with Crippen molar-refractivity contribution in [2.24, 2.45) is 0 Å². The van der Waals surface area contributed by atoms with Gasteiger partial charge in [-0.2, -0.15) is 0 Å². The first-order valence-electron chi connectivity index (χ1n) is 12.5. The quantitative estimate of drug-likeness (QED) is 0.191. The van der Waals surface area contributed by atoms with Gasteiger partial charge in [0.05, 0.1) is 6.61 Å². The van der Waals surface area contributed by atoms with Gasteiger partial charge in [-0.1, -0.05) is 67.5 Å². The summed E-state index contributed by atoms with van der Waals surface area (Å²) in [5, 5.41) is 10.9. The van der Waals surface area contributed by atoms with E-state index in [4.69, 9.17) is 13.6 Å². The van der Waals surface area contributed by atoms with Crippen molar-refractivity contribution in [2.45, 2.75) is 111 Å². The van der Waals surface area contributed by atoms with E-state index in [1.807, 2.05) is 12.1 Å². The molecule has 0 saturated heterocycles. The molecule has 33 heavy (non-hydrogen) atoms. The second-order valence-electron chi connectivity index (χ2n) is 11.2. The number of ether oxygens (including phenoxy) is 1. The Bertz CT molecular complexity index is 703. The van der Waals surface area contributed by atoms with Gasteiger partial charge in [0.15, 0.2) is 0 Å². The zero-order valence-electron chi connectivity index (χ0n) is 22.6. The standard InChI is InChI=1S/C27H48O5Si/c1-10-15-31-33(9,32-16-11-2)18-12-17-30-24(28)14-13-21-19-22(26(3,4)5)25(29)23(20-21)27(6,7)8/h19-20,29H,10-18H2,1-9H3. The summed E-state index contributed by atoms with van der Waals surface area (Å²) in [6, 6.07) is 4.89. The Labute approximate surface area is 203 Å². The fourth-order valence-electron chi connectivity index (χ4n) is 3.70. The number of esters is 1. The van der Waals surface area contributed by atoms with Crippen LogP contribution in [-0.4, -0.2) is 39.5 Å². The van der Waals surface area contributed by atoms with Crippen LogP contribution in [0.5, 0.6) is 5.75 Å². The zero-order valence-corrected chi connectivity index (χ0v) is 23.6. The van der Waals surface area contributed by atoms with Crippen LogP contribution in [0.15, 0.2) is 12.1 Å². The Morgan fingerprint density at radius 2 is 1.39 bits per heavy atom. The van der Waals surface area contributed by atoms with Crippen LogP contribution >= 0.6 is 0 Å².